The number of aliphatic imine (C=N–C) groups is 1. The minimum atomic E-state index is 0.139. The molecule has 4 rings (SSSR count). The summed E-state index contributed by atoms with van der Waals surface area (Å²) in [5, 5.41) is 4.45. The van der Waals surface area contributed by atoms with Crippen LogP contribution in [0.15, 0.2) is 65.8 Å². The van der Waals surface area contributed by atoms with Gasteiger partial charge in [0.1, 0.15) is 0 Å². The summed E-state index contributed by atoms with van der Waals surface area (Å²) in [6, 6.07) is 10.3. The average Bonchev–Trinajstić information content (AvgIpc) is 2.99. The van der Waals surface area contributed by atoms with Crippen LogP contribution in [0.1, 0.15) is 25.0 Å². The molecule has 1 atom stereocenters. The Balaban J connectivity index is 1.77. The molecule has 28 heavy (non-hydrogen) atoms. The van der Waals surface area contributed by atoms with Gasteiger partial charge in [-0.3, -0.25) is 9.99 Å². The first kappa shape index (κ1) is 18.3. The minimum Gasteiger partial charge on any atom is -0.493 e. The number of nitrogens with zero attached hydrogens (tertiary/aromatic N) is 4. The lowest BCUT2D eigenvalue weighted by Crippen LogP contribution is -2.38. The molecule has 0 radical (unpaired) electrons. The van der Waals surface area contributed by atoms with Gasteiger partial charge >= 0.3 is 0 Å². The number of methoxy groups -OCH3 is 2. The number of hydrogen-bond donors (Lipinski definition) is 0. The first-order valence-corrected chi connectivity index (χ1v) is 9.27. The highest BCUT2D eigenvalue weighted by atomic mass is 16.5. The SMILES string of the molecule is COc1ccc(C2=C3N=C(C)C=CN3N(Cc3ccncc3)C2C)cc1OC. The number of benzene rings is 1. The Kier molecular flexibility index (Phi) is 4.88. The predicted molar refractivity (Wildman–Crippen MR) is 110 cm³/mol. The molecule has 1 aromatic carbocycles. The molecule has 1 unspecified atom stereocenters. The smallest absolute Gasteiger partial charge is 0.161 e. The molecule has 0 saturated carbocycles. The number of fused-ring (bicyclic) bond motifs is 1. The Bertz CT molecular complexity index is 966. The molecule has 0 bridgehead atoms. The van der Waals surface area contributed by atoms with Crippen LogP contribution in [0.5, 0.6) is 11.5 Å². The highest BCUT2D eigenvalue weighted by molar-refractivity contribution is 5.95. The maximum absolute atomic E-state index is 5.52. The average molecular weight is 376 g/mol. The lowest BCUT2D eigenvalue weighted by atomic mass is 9.99. The second kappa shape index (κ2) is 7.48. The van der Waals surface area contributed by atoms with E-state index in [2.05, 4.69) is 34.2 Å². The van der Waals surface area contributed by atoms with Crippen molar-refractivity contribution in [3.05, 3.63) is 71.9 Å². The number of rotatable bonds is 5. The molecule has 0 aliphatic carbocycles. The highest BCUT2D eigenvalue weighted by Crippen LogP contribution is 2.41. The van der Waals surface area contributed by atoms with Gasteiger partial charge in [-0.25, -0.2) is 10.0 Å². The molecular weight excluding hydrogens is 352 g/mol. The third kappa shape index (κ3) is 3.16. The van der Waals surface area contributed by atoms with Crippen LogP contribution in [-0.4, -0.2) is 41.0 Å². The van der Waals surface area contributed by atoms with Crippen molar-refractivity contribution in [2.24, 2.45) is 4.99 Å². The quantitative estimate of drug-likeness (QED) is 0.793. The third-order valence-corrected chi connectivity index (χ3v) is 5.13. The van der Waals surface area contributed by atoms with Crippen molar-refractivity contribution in [3.8, 4) is 11.5 Å². The van der Waals surface area contributed by atoms with Gasteiger partial charge in [0.25, 0.3) is 0 Å². The van der Waals surface area contributed by atoms with Crippen molar-refractivity contribution < 1.29 is 9.47 Å². The summed E-state index contributed by atoms with van der Waals surface area (Å²) in [7, 11) is 3.31. The van der Waals surface area contributed by atoms with Crippen LogP contribution in [0, 0.1) is 0 Å². The lowest BCUT2D eigenvalue weighted by Gasteiger charge is -2.32. The fourth-order valence-electron chi connectivity index (χ4n) is 3.68. The number of allylic oxidation sites excluding steroid dienone is 1. The Labute approximate surface area is 165 Å². The molecule has 144 valence electrons. The molecule has 0 spiro atoms. The molecule has 0 saturated heterocycles. The fourth-order valence-corrected chi connectivity index (χ4v) is 3.68. The minimum absolute atomic E-state index is 0.139. The van der Waals surface area contributed by atoms with Crippen LogP contribution in [-0.2, 0) is 6.54 Å². The van der Waals surface area contributed by atoms with Gasteiger partial charge in [-0.1, -0.05) is 6.07 Å². The monoisotopic (exact) mass is 376 g/mol. The first-order chi connectivity index (χ1) is 13.6. The van der Waals surface area contributed by atoms with Crippen molar-refractivity contribution in [2.75, 3.05) is 14.2 Å². The zero-order valence-electron chi connectivity index (χ0n) is 16.6. The molecule has 2 aliphatic heterocycles. The van der Waals surface area contributed by atoms with Gasteiger partial charge < -0.3 is 9.47 Å². The summed E-state index contributed by atoms with van der Waals surface area (Å²) >= 11 is 0. The van der Waals surface area contributed by atoms with Crippen LogP contribution in [0.2, 0.25) is 0 Å². The maximum Gasteiger partial charge on any atom is 0.161 e. The zero-order valence-corrected chi connectivity index (χ0v) is 16.6. The lowest BCUT2D eigenvalue weighted by molar-refractivity contribution is 0.0469. The van der Waals surface area contributed by atoms with Crippen LogP contribution in [0.4, 0.5) is 0 Å². The molecule has 0 fully saturated rings. The molecule has 6 nitrogen and oxygen atoms in total. The van der Waals surface area contributed by atoms with Gasteiger partial charge in [0.15, 0.2) is 17.3 Å². The van der Waals surface area contributed by atoms with E-state index in [1.165, 1.54) is 11.1 Å². The molecule has 0 amide bonds. The van der Waals surface area contributed by atoms with E-state index in [0.717, 1.165) is 29.4 Å². The van der Waals surface area contributed by atoms with E-state index in [4.69, 9.17) is 14.5 Å². The van der Waals surface area contributed by atoms with Gasteiger partial charge in [-0.05, 0) is 55.3 Å². The van der Waals surface area contributed by atoms with E-state index >= 15 is 0 Å². The predicted octanol–water partition coefficient (Wildman–Crippen LogP) is 3.88. The standard InChI is InChI=1S/C22H24N4O2/c1-15-9-12-25-22(24-15)21(18-5-6-19(27-3)20(13-18)28-4)16(2)26(25)14-17-7-10-23-11-8-17/h5-13,16H,14H2,1-4H3. The summed E-state index contributed by atoms with van der Waals surface area (Å²) in [5.74, 6) is 2.39. The van der Waals surface area contributed by atoms with Gasteiger partial charge in [0, 0.05) is 36.4 Å². The summed E-state index contributed by atoms with van der Waals surface area (Å²) in [4.78, 5) is 8.98. The molecule has 2 aliphatic rings. The molecule has 0 N–H and O–H groups in total. The van der Waals surface area contributed by atoms with Gasteiger partial charge in [0.05, 0.1) is 20.3 Å². The number of hydrazine groups is 1. The summed E-state index contributed by atoms with van der Waals surface area (Å²) in [5.41, 5.74) is 4.43. The van der Waals surface area contributed by atoms with Gasteiger partial charge in [-0.15, -0.1) is 0 Å². The second-order valence-corrected chi connectivity index (χ2v) is 6.85. The van der Waals surface area contributed by atoms with E-state index in [9.17, 15) is 0 Å². The number of aromatic nitrogens is 1. The van der Waals surface area contributed by atoms with Gasteiger partial charge in [-0.2, -0.15) is 0 Å². The third-order valence-electron chi connectivity index (χ3n) is 5.13. The van der Waals surface area contributed by atoms with E-state index in [0.29, 0.717) is 5.75 Å². The Morgan fingerprint density at radius 2 is 1.79 bits per heavy atom. The molecule has 3 heterocycles. The van der Waals surface area contributed by atoms with Crippen LogP contribution < -0.4 is 9.47 Å². The van der Waals surface area contributed by atoms with Crippen molar-refractivity contribution in [1.29, 1.82) is 0 Å². The van der Waals surface area contributed by atoms with Crippen LogP contribution in [0.3, 0.4) is 0 Å². The summed E-state index contributed by atoms with van der Waals surface area (Å²) in [6.07, 6.45) is 7.78. The maximum atomic E-state index is 5.52. The van der Waals surface area contributed by atoms with Crippen molar-refractivity contribution in [2.45, 2.75) is 26.4 Å². The molecular formula is C22H24N4O2. The molecule has 2 aromatic rings. The van der Waals surface area contributed by atoms with E-state index in [1.807, 2.05) is 49.7 Å². The highest BCUT2D eigenvalue weighted by Gasteiger charge is 2.37. The number of hydrogen-bond acceptors (Lipinski definition) is 6. The zero-order chi connectivity index (χ0) is 19.7. The fraction of sp³-hybridized carbons (Fsp3) is 0.273. The Morgan fingerprint density at radius 1 is 1.04 bits per heavy atom. The van der Waals surface area contributed by atoms with Gasteiger partial charge in [0.2, 0.25) is 0 Å². The van der Waals surface area contributed by atoms with Crippen molar-refractivity contribution >= 4 is 11.3 Å². The molecule has 6 heteroatoms. The Morgan fingerprint density at radius 3 is 2.50 bits per heavy atom. The first-order valence-electron chi connectivity index (χ1n) is 9.27. The largest absolute Gasteiger partial charge is 0.493 e. The summed E-state index contributed by atoms with van der Waals surface area (Å²) < 4.78 is 10.9. The van der Waals surface area contributed by atoms with Crippen LogP contribution >= 0.6 is 0 Å². The number of pyridine rings is 1. The van der Waals surface area contributed by atoms with E-state index < -0.39 is 0 Å². The Hall–Kier alpha value is -3.12. The van der Waals surface area contributed by atoms with E-state index in [1.54, 1.807) is 14.2 Å². The number of ether oxygens (including phenoxy) is 2. The van der Waals surface area contributed by atoms with Crippen LogP contribution in [0.25, 0.3) is 5.57 Å². The van der Waals surface area contributed by atoms with Crippen molar-refractivity contribution in [1.82, 2.24) is 15.0 Å². The summed E-state index contributed by atoms with van der Waals surface area (Å²) in [6.45, 7) is 4.99. The second-order valence-electron chi connectivity index (χ2n) is 6.85. The van der Waals surface area contributed by atoms with Crippen molar-refractivity contribution in [3.63, 3.8) is 0 Å². The molecule has 1 aromatic heterocycles. The normalized spacial score (nSPS) is 18.9. The van der Waals surface area contributed by atoms with E-state index in [-0.39, 0.29) is 6.04 Å². The topological polar surface area (TPSA) is 50.2 Å².